The van der Waals surface area contributed by atoms with Crippen molar-refractivity contribution in [2.75, 3.05) is 6.61 Å². The van der Waals surface area contributed by atoms with E-state index in [0.717, 1.165) is 6.20 Å². The Labute approximate surface area is 181 Å². The van der Waals surface area contributed by atoms with Gasteiger partial charge in [0.15, 0.2) is 11.0 Å². The number of benzene rings is 1. The lowest BCUT2D eigenvalue weighted by Crippen LogP contribution is -2.43. The number of rotatable bonds is 4. The summed E-state index contributed by atoms with van der Waals surface area (Å²) in [4.78, 5) is 13.9. The zero-order chi connectivity index (χ0) is 23.3. The van der Waals surface area contributed by atoms with Gasteiger partial charge in [0.25, 0.3) is 11.4 Å². The lowest BCUT2D eigenvalue weighted by atomic mass is 10.1. The van der Waals surface area contributed by atoms with E-state index in [1.807, 2.05) is 5.92 Å². The van der Waals surface area contributed by atoms with Crippen molar-refractivity contribution >= 4 is 20.0 Å². The number of ether oxygens (including phenoxy) is 1. The van der Waals surface area contributed by atoms with Crippen LogP contribution in [-0.2, 0) is 25.0 Å². The van der Waals surface area contributed by atoms with Crippen LogP contribution in [0.4, 0.5) is 4.39 Å². The van der Waals surface area contributed by atoms with Crippen molar-refractivity contribution in [2.45, 2.75) is 30.9 Å². The van der Waals surface area contributed by atoms with Gasteiger partial charge in [0.1, 0.15) is 30.1 Å². The van der Waals surface area contributed by atoms with Gasteiger partial charge in [-0.05, 0) is 18.3 Å². The first-order chi connectivity index (χ1) is 15.0. The predicted octanol–water partition coefficient (Wildman–Crippen LogP) is 1.54. The molecule has 2 aliphatic heterocycles. The monoisotopic (exact) mass is 471 g/mol. The van der Waals surface area contributed by atoms with E-state index in [1.54, 1.807) is 18.2 Å². The highest BCUT2D eigenvalue weighted by molar-refractivity contribution is 7.71. The topological polar surface area (TPSA) is 132 Å². The summed E-state index contributed by atoms with van der Waals surface area (Å²) in [6.07, 6.45) is -1.18. The van der Waals surface area contributed by atoms with Crippen LogP contribution in [0.2, 0.25) is 0 Å². The Morgan fingerprint density at radius 1 is 1.52 bits per heavy atom. The number of fused-ring (bicyclic) bond motifs is 1. The van der Waals surface area contributed by atoms with Crippen LogP contribution in [0.1, 0.15) is 18.7 Å². The molecule has 31 heavy (non-hydrogen) atoms. The second-order valence-electron chi connectivity index (χ2n) is 6.63. The molecule has 164 valence electrons. The molecule has 1 unspecified atom stereocenters. The molecule has 10 nitrogen and oxygen atoms in total. The molecule has 0 radical (unpaired) electrons. The first-order valence-electron chi connectivity index (χ1n) is 9.26. The molecule has 4 rings (SSSR count). The second-order valence-corrected chi connectivity index (χ2v) is 8.61. The minimum atomic E-state index is -4.30. The molecule has 13 heteroatoms. The molecule has 0 saturated carbocycles. The number of hydrogen-bond acceptors (Lipinski definition) is 9. The van der Waals surface area contributed by atoms with Crippen molar-refractivity contribution in [3.63, 3.8) is 0 Å². The first-order valence-corrected chi connectivity index (χ1v) is 10.6. The lowest BCUT2D eigenvalue weighted by molar-refractivity contribution is -0.205. The number of H-pyrrole nitrogens is 1. The molecule has 0 amide bonds. The van der Waals surface area contributed by atoms with E-state index in [2.05, 4.69) is 4.98 Å². The standard InChI is InChI=1S/C18H16FN2O8PS/c1-2-10-7-21(17(31)20-15(10)24)16-13(22)14(23)18(19,28-16)9-27-30(25)26-8-11-5-3-4-6-12(11)29-30/h1,3-7,13-14,16,22-23H,8-9H2,(H,20,24,31)/t13-,14+,16-,18-,30?/m1/s1/i16D. The van der Waals surface area contributed by atoms with Crippen molar-refractivity contribution in [1.29, 1.82) is 0 Å². The van der Waals surface area contributed by atoms with Crippen LogP contribution < -0.4 is 10.1 Å². The Balaban J connectivity index is 1.59. The normalized spacial score (nSPS) is 35.0. The van der Waals surface area contributed by atoms with Crippen molar-refractivity contribution in [3.05, 3.63) is 56.7 Å². The van der Waals surface area contributed by atoms with Crippen molar-refractivity contribution < 1.29 is 38.8 Å². The Bertz CT molecular complexity index is 1280. The molecule has 0 spiro atoms. The Hall–Kier alpha value is -2.36. The SMILES string of the molecule is [2H][C@@]1(n2cc(C#C)c(=O)[nH]c2=S)O[C@](F)(COP2(=O)OCc3ccccc3O2)[C@@H](O)[C@H]1O. The van der Waals surface area contributed by atoms with Gasteiger partial charge in [0.05, 0.1) is 7.98 Å². The van der Waals surface area contributed by atoms with Gasteiger partial charge in [-0.2, -0.15) is 0 Å². The van der Waals surface area contributed by atoms with Crippen molar-refractivity contribution in [3.8, 4) is 18.1 Å². The van der Waals surface area contributed by atoms with Gasteiger partial charge in [-0.25, -0.2) is 8.96 Å². The first kappa shape index (κ1) is 20.5. The molecule has 1 fully saturated rings. The molecule has 3 heterocycles. The summed E-state index contributed by atoms with van der Waals surface area (Å²) in [5, 5.41) is 20.7. The van der Waals surface area contributed by atoms with Gasteiger partial charge in [-0.1, -0.05) is 24.1 Å². The average Bonchev–Trinajstić information content (AvgIpc) is 2.93. The summed E-state index contributed by atoms with van der Waals surface area (Å²) in [6, 6.07) is 6.52. The van der Waals surface area contributed by atoms with Crippen LogP contribution in [0.5, 0.6) is 5.75 Å². The van der Waals surface area contributed by atoms with Crippen molar-refractivity contribution in [2.24, 2.45) is 0 Å². The fourth-order valence-electron chi connectivity index (χ4n) is 2.95. The fourth-order valence-corrected chi connectivity index (χ4v) is 4.41. The highest BCUT2D eigenvalue weighted by atomic mass is 32.1. The van der Waals surface area contributed by atoms with Gasteiger partial charge in [-0.3, -0.25) is 23.4 Å². The molecule has 1 aromatic carbocycles. The third kappa shape index (κ3) is 3.97. The molecule has 0 aliphatic carbocycles. The van der Waals surface area contributed by atoms with Gasteiger partial charge < -0.3 is 19.5 Å². The van der Waals surface area contributed by atoms with E-state index >= 15 is 4.39 Å². The number of aliphatic hydroxyl groups excluding tert-OH is 2. The van der Waals surface area contributed by atoms with Gasteiger partial charge in [0, 0.05) is 11.8 Å². The van der Waals surface area contributed by atoms with Crippen LogP contribution in [0.25, 0.3) is 0 Å². The minimum absolute atomic E-state index is 0.136. The molecule has 2 aliphatic rings. The molecule has 1 saturated heterocycles. The smallest absolute Gasteiger partial charge is 0.404 e. The number of halogens is 1. The number of alkyl halides is 1. The lowest BCUT2D eigenvalue weighted by Gasteiger charge is -2.28. The van der Waals surface area contributed by atoms with Gasteiger partial charge >= 0.3 is 7.82 Å². The van der Waals surface area contributed by atoms with Gasteiger partial charge in [0.2, 0.25) is 0 Å². The molecule has 3 N–H and O–H groups in total. The number of terminal acetylenes is 1. The molecular formula is C18H16FN2O8PS. The number of phosphoric ester groups is 1. The molecule has 0 bridgehead atoms. The minimum Gasteiger partial charge on any atom is -0.404 e. The number of aromatic amines is 1. The van der Waals surface area contributed by atoms with E-state index in [-0.39, 0.29) is 17.9 Å². The van der Waals surface area contributed by atoms with E-state index in [1.165, 1.54) is 6.07 Å². The maximum Gasteiger partial charge on any atom is 0.530 e. The van der Waals surface area contributed by atoms with Gasteiger partial charge in [-0.15, -0.1) is 6.42 Å². The van der Waals surface area contributed by atoms with E-state index in [0.29, 0.717) is 10.1 Å². The largest absolute Gasteiger partial charge is 0.530 e. The molecule has 2 aromatic rings. The molecule has 1 aromatic heterocycles. The van der Waals surface area contributed by atoms with Crippen LogP contribution in [0.15, 0.2) is 35.3 Å². The van der Waals surface area contributed by atoms with Crippen LogP contribution >= 0.6 is 20.0 Å². The van der Waals surface area contributed by atoms with E-state index < -0.39 is 49.0 Å². The summed E-state index contributed by atoms with van der Waals surface area (Å²) in [7, 11) is -4.30. The Morgan fingerprint density at radius 2 is 2.26 bits per heavy atom. The number of aromatic nitrogens is 2. The summed E-state index contributed by atoms with van der Waals surface area (Å²) < 4.78 is 57.2. The number of nitrogens with one attached hydrogen (secondary N) is 1. The number of nitrogens with zero attached hydrogens (tertiary/aromatic N) is 1. The fraction of sp³-hybridized carbons (Fsp3) is 0.333. The number of phosphoric acid groups is 1. The van der Waals surface area contributed by atoms with Crippen LogP contribution in [0.3, 0.4) is 0 Å². The molecular weight excluding hydrogens is 454 g/mol. The van der Waals surface area contributed by atoms with E-state index in [9.17, 15) is 19.6 Å². The summed E-state index contributed by atoms with van der Waals surface area (Å²) >= 11 is 4.95. The summed E-state index contributed by atoms with van der Waals surface area (Å²) in [5.41, 5.74) is -0.438. The highest BCUT2D eigenvalue weighted by Gasteiger charge is 2.57. The molecule has 5 atom stereocenters. The van der Waals surface area contributed by atoms with Crippen LogP contribution in [0, 0.1) is 17.1 Å². The third-order valence-corrected chi connectivity index (χ3v) is 6.19. The zero-order valence-electron chi connectivity index (χ0n) is 16.6. The number of aliphatic hydroxyl groups is 2. The maximum atomic E-state index is 15.5. The summed E-state index contributed by atoms with van der Waals surface area (Å²) in [5.74, 6) is -0.976. The quantitative estimate of drug-likeness (QED) is 0.345. The Kier molecular flexibility index (Phi) is 5.27. The second kappa shape index (κ2) is 7.96. The summed E-state index contributed by atoms with van der Waals surface area (Å²) in [6.45, 7) is -1.37. The Morgan fingerprint density at radius 3 is 3.00 bits per heavy atom. The maximum absolute atomic E-state index is 15.5. The number of hydrogen-bond donors (Lipinski definition) is 3. The van der Waals surface area contributed by atoms with E-state index in [4.69, 9.17) is 38.3 Å². The zero-order valence-corrected chi connectivity index (χ0v) is 17.3. The third-order valence-electron chi connectivity index (χ3n) is 4.58. The van der Waals surface area contributed by atoms with Crippen molar-refractivity contribution in [1.82, 2.24) is 9.55 Å². The van der Waals surface area contributed by atoms with Crippen LogP contribution in [-0.4, -0.2) is 44.4 Å². The highest BCUT2D eigenvalue weighted by Crippen LogP contribution is 2.55. The number of para-hydroxylation sites is 1. The predicted molar refractivity (Wildman–Crippen MR) is 105 cm³/mol. The average molecular weight is 471 g/mol.